The summed E-state index contributed by atoms with van der Waals surface area (Å²) in [5.41, 5.74) is 11.3. The molecule has 0 spiro atoms. The van der Waals surface area contributed by atoms with Crippen molar-refractivity contribution >= 4 is 28.7 Å². The highest BCUT2D eigenvalue weighted by atomic mass is 32.1. The molecular formula is C19H16N2OS2. The predicted molar refractivity (Wildman–Crippen MR) is 98.1 cm³/mol. The van der Waals surface area contributed by atoms with Crippen molar-refractivity contribution in [2.75, 3.05) is 0 Å². The SMILES string of the molecule is N#CC1=C(N)OC2=C(CCC/C2=C\c2ccsc2)[C@@H]1c1ccsc1. The fourth-order valence-electron chi connectivity index (χ4n) is 3.41. The summed E-state index contributed by atoms with van der Waals surface area (Å²) in [5, 5.41) is 17.9. The van der Waals surface area contributed by atoms with Crippen molar-refractivity contribution in [3.8, 4) is 6.07 Å². The fraction of sp³-hybridized carbons (Fsp3) is 0.211. The standard InChI is InChI=1S/C19H16N2OS2/c20-9-16-17(14-5-7-24-11-14)15-3-1-2-13(18(15)22-19(16)21)8-12-4-6-23-10-12/h4-8,10-11,17H,1-3,21H2/b13-8+/t17-/m0/s1. The molecule has 5 heteroatoms. The summed E-state index contributed by atoms with van der Waals surface area (Å²) in [4.78, 5) is 0. The van der Waals surface area contributed by atoms with E-state index < -0.39 is 0 Å². The first-order valence-corrected chi connectivity index (χ1v) is 9.72. The molecule has 2 aromatic heterocycles. The van der Waals surface area contributed by atoms with Crippen LogP contribution in [0.4, 0.5) is 0 Å². The third kappa shape index (κ3) is 2.58. The van der Waals surface area contributed by atoms with Crippen molar-refractivity contribution in [1.29, 1.82) is 5.26 Å². The molecule has 0 saturated carbocycles. The molecule has 0 aromatic carbocycles. The molecule has 0 bridgehead atoms. The summed E-state index contributed by atoms with van der Waals surface area (Å²) in [6, 6.07) is 6.45. The molecule has 24 heavy (non-hydrogen) atoms. The monoisotopic (exact) mass is 352 g/mol. The summed E-state index contributed by atoms with van der Waals surface area (Å²) >= 11 is 3.32. The number of rotatable bonds is 2. The maximum atomic E-state index is 9.59. The third-order valence-corrected chi connectivity index (χ3v) is 5.87. The van der Waals surface area contributed by atoms with Crippen molar-refractivity contribution in [3.63, 3.8) is 0 Å². The first kappa shape index (κ1) is 15.3. The predicted octanol–water partition coefficient (Wildman–Crippen LogP) is 5.14. The number of hydrogen-bond acceptors (Lipinski definition) is 5. The Bertz CT molecular complexity index is 880. The summed E-state index contributed by atoms with van der Waals surface area (Å²) in [6.07, 6.45) is 5.16. The van der Waals surface area contributed by atoms with Gasteiger partial charge in [-0.25, -0.2) is 0 Å². The van der Waals surface area contributed by atoms with E-state index >= 15 is 0 Å². The molecule has 1 atom stereocenters. The summed E-state index contributed by atoms with van der Waals surface area (Å²) in [7, 11) is 0. The summed E-state index contributed by atoms with van der Waals surface area (Å²) in [6.45, 7) is 0. The Balaban J connectivity index is 1.84. The lowest BCUT2D eigenvalue weighted by molar-refractivity contribution is 0.277. The number of allylic oxidation sites excluding steroid dienone is 3. The van der Waals surface area contributed by atoms with E-state index in [1.165, 1.54) is 16.7 Å². The number of hydrogen-bond donors (Lipinski definition) is 1. The van der Waals surface area contributed by atoms with Gasteiger partial charge in [-0.2, -0.15) is 27.9 Å². The number of nitrogens with two attached hydrogens (primary N) is 1. The van der Waals surface area contributed by atoms with E-state index in [2.05, 4.69) is 40.4 Å². The zero-order valence-electron chi connectivity index (χ0n) is 13.0. The second-order valence-electron chi connectivity index (χ2n) is 5.92. The van der Waals surface area contributed by atoms with Gasteiger partial charge >= 0.3 is 0 Å². The second-order valence-corrected chi connectivity index (χ2v) is 7.48. The first-order valence-electron chi connectivity index (χ1n) is 7.84. The van der Waals surface area contributed by atoms with Gasteiger partial charge in [0.05, 0.1) is 5.92 Å². The largest absolute Gasteiger partial charge is 0.440 e. The van der Waals surface area contributed by atoms with Gasteiger partial charge in [0.25, 0.3) is 0 Å². The van der Waals surface area contributed by atoms with E-state index in [9.17, 15) is 5.26 Å². The molecule has 1 aliphatic carbocycles. The van der Waals surface area contributed by atoms with Crippen molar-refractivity contribution in [2.24, 2.45) is 5.73 Å². The van der Waals surface area contributed by atoms with Crippen LogP contribution < -0.4 is 5.73 Å². The first-order chi connectivity index (χ1) is 11.8. The van der Waals surface area contributed by atoms with Crippen LogP contribution in [0, 0.1) is 11.3 Å². The molecule has 0 fully saturated rings. The van der Waals surface area contributed by atoms with Crippen LogP contribution in [0.1, 0.15) is 36.3 Å². The maximum absolute atomic E-state index is 9.59. The highest BCUT2D eigenvalue weighted by Crippen LogP contribution is 2.47. The van der Waals surface area contributed by atoms with Gasteiger partial charge in [-0.3, -0.25) is 0 Å². The van der Waals surface area contributed by atoms with E-state index in [1.54, 1.807) is 22.7 Å². The Morgan fingerprint density at radius 2 is 2.04 bits per heavy atom. The van der Waals surface area contributed by atoms with Crippen molar-refractivity contribution in [2.45, 2.75) is 25.2 Å². The van der Waals surface area contributed by atoms with Crippen LogP contribution in [0.5, 0.6) is 0 Å². The lowest BCUT2D eigenvalue weighted by Crippen LogP contribution is -2.23. The highest BCUT2D eigenvalue weighted by Gasteiger charge is 2.35. The van der Waals surface area contributed by atoms with Crippen LogP contribution in [0.2, 0.25) is 0 Å². The highest BCUT2D eigenvalue weighted by molar-refractivity contribution is 7.08. The fourth-order valence-corrected chi connectivity index (χ4v) is 4.72. The van der Waals surface area contributed by atoms with E-state index in [1.807, 2.05) is 5.38 Å². The van der Waals surface area contributed by atoms with E-state index in [-0.39, 0.29) is 11.8 Å². The molecule has 0 saturated heterocycles. The van der Waals surface area contributed by atoms with Crippen molar-refractivity contribution < 1.29 is 4.74 Å². The van der Waals surface area contributed by atoms with Gasteiger partial charge in [0.15, 0.2) is 0 Å². The Kier molecular flexibility index (Phi) is 4.01. The van der Waals surface area contributed by atoms with Crippen molar-refractivity contribution in [1.82, 2.24) is 0 Å². The zero-order chi connectivity index (χ0) is 16.5. The van der Waals surface area contributed by atoms with Gasteiger partial charge in [-0.15, -0.1) is 0 Å². The van der Waals surface area contributed by atoms with Crippen LogP contribution in [0.3, 0.4) is 0 Å². The summed E-state index contributed by atoms with van der Waals surface area (Å²) in [5.74, 6) is 1.04. The van der Waals surface area contributed by atoms with Crippen molar-refractivity contribution in [3.05, 3.63) is 73.1 Å². The van der Waals surface area contributed by atoms with E-state index in [0.717, 1.165) is 30.6 Å². The lowest BCUT2D eigenvalue weighted by atomic mass is 9.77. The second kappa shape index (κ2) is 6.31. The lowest BCUT2D eigenvalue weighted by Gasteiger charge is -2.32. The molecule has 2 aliphatic rings. The number of nitriles is 1. The van der Waals surface area contributed by atoms with Gasteiger partial charge in [-0.05, 0) is 81.3 Å². The van der Waals surface area contributed by atoms with Gasteiger partial charge in [0.2, 0.25) is 5.88 Å². The molecule has 2 aromatic rings. The molecule has 3 nitrogen and oxygen atoms in total. The number of ether oxygens (including phenoxy) is 1. The molecule has 2 N–H and O–H groups in total. The van der Waals surface area contributed by atoms with Crippen LogP contribution in [0.25, 0.3) is 6.08 Å². The summed E-state index contributed by atoms with van der Waals surface area (Å²) < 4.78 is 5.94. The van der Waals surface area contributed by atoms with E-state index in [4.69, 9.17) is 10.5 Å². The Hall–Kier alpha value is -2.29. The van der Waals surface area contributed by atoms with Gasteiger partial charge in [0, 0.05) is 0 Å². The molecule has 0 amide bonds. The molecule has 120 valence electrons. The molecule has 1 aliphatic heterocycles. The Labute approximate surface area is 149 Å². The normalized spacial score (nSPS) is 22.3. The Morgan fingerprint density at radius 1 is 1.21 bits per heavy atom. The van der Waals surface area contributed by atoms with Gasteiger partial charge in [0.1, 0.15) is 17.4 Å². The Morgan fingerprint density at radius 3 is 2.75 bits per heavy atom. The molecule has 3 heterocycles. The number of thiophene rings is 2. The molecule has 0 radical (unpaired) electrons. The minimum atomic E-state index is -0.0730. The number of nitrogens with zero attached hydrogens (tertiary/aromatic N) is 1. The minimum absolute atomic E-state index is 0.0730. The molecular weight excluding hydrogens is 336 g/mol. The average molecular weight is 352 g/mol. The van der Waals surface area contributed by atoms with Gasteiger partial charge in [-0.1, -0.05) is 0 Å². The molecule has 4 rings (SSSR count). The minimum Gasteiger partial charge on any atom is -0.440 e. The third-order valence-electron chi connectivity index (χ3n) is 4.47. The quantitative estimate of drug-likeness (QED) is 0.814. The average Bonchev–Trinajstić information content (AvgIpc) is 3.28. The van der Waals surface area contributed by atoms with Crippen LogP contribution in [-0.2, 0) is 4.74 Å². The van der Waals surface area contributed by atoms with Crippen LogP contribution >= 0.6 is 22.7 Å². The molecule has 0 unspecified atom stereocenters. The maximum Gasteiger partial charge on any atom is 0.205 e. The van der Waals surface area contributed by atoms with E-state index in [0.29, 0.717) is 5.57 Å². The van der Waals surface area contributed by atoms with Crippen LogP contribution in [0.15, 0.2) is 62.0 Å². The van der Waals surface area contributed by atoms with Gasteiger partial charge < -0.3 is 10.5 Å². The topological polar surface area (TPSA) is 59.0 Å². The van der Waals surface area contributed by atoms with Crippen LogP contribution in [-0.4, -0.2) is 0 Å². The zero-order valence-corrected chi connectivity index (χ0v) is 14.6. The smallest absolute Gasteiger partial charge is 0.205 e.